The summed E-state index contributed by atoms with van der Waals surface area (Å²) in [5.41, 5.74) is 0.829. The number of halogens is 3. The summed E-state index contributed by atoms with van der Waals surface area (Å²) in [5, 5.41) is 9.79. The maximum Gasteiger partial charge on any atom is 0.328 e. The second-order valence-corrected chi connectivity index (χ2v) is 8.98. The normalized spacial score (nSPS) is 19.6. The summed E-state index contributed by atoms with van der Waals surface area (Å²) in [6, 6.07) is 8.88. The van der Waals surface area contributed by atoms with E-state index in [-0.39, 0.29) is 23.7 Å². The van der Waals surface area contributed by atoms with Crippen LogP contribution >= 0.6 is 0 Å². The number of carboxylic acid groups (broad SMARTS) is 1. The van der Waals surface area contributed by atoms with Crippen LogP contribution in [0.1, 0.15) is 49.2 Å². The van der Waals surface area contributed by atoms with Gasteiger partial charge in [0.15, 0.2) is 0 Å². The number of rotatable bonds is 5. The van der Waals surface area contributed by atoms with Gasteiger partial charge >= 0.3 is 5.97 Å². The van der Waals surface area contributed by atoms with Gasteiger partial charge in [-0.2, -0.15) is 0 Å². The van der Waals surface area contributed by atoms with Gasteiger partial charge in [0.05, 0.1) is 6.04 Å². The molecule has 2 aromatic carbocycles. The van der Waals surface area contributed by atoms with Gasteiger partial charge in [-0.05, 0) is 62.6 Å². The quantitative estimate of drug-likeness (QED) is 0.504. The van der Waals surface area contributed by atoms with E-state index < -0.39 is 29.3 Å². The highest BCUT2D eigenvalue weighted by molar-refractivity contribution is 5.86. The van der Waals surface area contributed by atoms with E-state index in [2.05, 4.69) is 4.98 Å². The summed E-state index contributed by atoms with van der Waals surface area (Å²) in [6.45, 7) is 4.82. The van der Waals surface area contributed by atoms with E-state index >= 15 is 8.78 Å². The van der Waals surface area contributed by atoms with Crippen molar-refractivity contribution in [1.82, 2.24) is 9.88 Å². The number of benzene rings is 2. The van der Waals surface area contributed by atoms with E-state index in [1.165, 1.54) is 13.8 Å². The Morgan fingerprint density at radius 2 is 1.91 bits per heavy atom. The molecule has 0 amide bonds. The molecule has 4 rings (SSSR count). The number of para-hydroxylation sites is 1. The number of nitrogens with zero attached hydrogens (tertiary/aromatic N) is 1. The number of nitrogens with one attached hydrogen (secondary N) is 1. The fourth-order valence-corrected chi connectivity index (χ4v) is 4.63. The monoisotopic (exact) mass is 442 g/mol. The zero-order valence-corrected chi connectivity index (χ0v) is 18.1. The van der Waals surface area contributed by atoms with Gasteiger partial charge in [-0.3, -0.25) is 4.90 Å². The van der Waals surface area contributed by atoms with Crippen molar-refractivity contribution in [2.75, 3.05) is 6.54 Å². The van der Waals surface area contributed by atoms with Crippen LogP contribution in [0.4, 0.5) is 13.2 Å². The maximum absolute atomic E-state index is 15.3. The molecule has 168 valence electrons. The smallest absolute Gasteiger partial charge is 0.328 e. The Morgan fingerprint density at radius 3 is 2.53 bits per heavy atom. The molecule has 0 aliphatic carbocycles. The van der Waals surface area contributed by atoms with Crippen LogP contribution in [0.2, 0.25) is 0 Å². The maximum atomic E-state index is 15.3. The van der Waals surface area contributed by atoms with Crippen LogP contribution in [0.5, 0.6) is 0 Å². The Labute approximate surface area is 184 Å². The van der Waals surface area contributed by atoms with Crippen molar-refractivity contribution >= 4 is 22.9 Å². The van der Waals surface area contributed by atoms with E-state index in [9.17, 15) is 9.18 Å². The van der Waals surface area contributed by atoms with Crippen LogP contribution in [-0.4, -0.2) is 39.2 Å². The largest absolute Gasteiger partial charge is 0.478 e. The van der Waals surface area contributed by atoms with Gasteiger partial charge in [-0.25, -0.2) is 18.0 Å². The molecule has 1 aromatic heterocycles. The molecular formula is C25H25F3N2O2. The lowest BCUT2D eigenvalue weighted by atomic mass is 9.87. The van der Waals surface area contributed by atoms with Crippen LogP contribution in [0.3, 0.4) is 0 Å². The Bertz CT molecular complexity index is 1190. The standard InChI is InChI=1S/C25H25F3N2O2/c1-14-10-17-16-6-4-5-7-20(16)29-23(17)24(30(14)13-25(2,3)28)22-18(26)11-15(12-19(22)27)8-9-21(31)32/h4-9,11-12,14,24,29H,10,13H2,1-3H3,(H,31,32)/t14-,24+/m1/s1. The first-order valence-corrected chi connectivity index (χ1v) is 10.5. The first-order valence-electron chi connectivity index (χ1n) is 10.5. The predicted octanol–water partition coefficient (Wildman–Crippen LogP) is 5.63. The van der Waals surface area contributed by atoms with Crippen molar-refractivity contribution in [1.29, 1.82) is 0 Å². The van der Waals surface area contributed by atoms with Gasteiger partial charge in [0.1, 0.15) is 17.3 Å². The SMILES string of the molecule is C[C@@H]1Cc2c([nH]c3ccccc23)[C@H](c2c(F)cc(C=CC(=O)O)cc2F)N1CC(C)(C)F. The van der Waals surface area contributed by atoms with Crippen LogP contribution in [0.25, 0.3) is 17.0 Å². The fourth-order valence-electron chi connectivity index (χ4n) is 4.63. The highest BCUT2D eigenvalue weighted by atomic mass is 19.1. The van der Waals surface area contributed by atoms with Crippen LogP contribution in [0, 0.1) is 11.6 Å². The third kappa shape index (κ3) is 4.17. The Balaban J connectivity index is 1.92. The molecule has 2 N–H and O–H groups in total. The summed E-state index contributed by atoms with van der Waals surface area (Å²) in [5.74, 6) is -2.82. The topological polar surface area (TPSA) is 56.3 Å². The number of aromatic nitrogens is 1. The molecule has 7 heteroatoms. The number of alkyl halides is 1. The molecule has 0 fully saturated rings. The summed E-state index contributed by atoms with van der Waals surface area (Å²) in [7, 11) is 0. The summed E-state index contributed by atoms with van der Waals surface area (Å²) in [6.07, 6.45) is 2.58. The van der Waals surface area contributed by atoms with Crippen molar-refractivity contribution in [2.24, 2.45) is 0 Å². The second kappa shape index (κ2) is 8.13. The van der Waals surface area contributed by atoms with Gasteiger partial charge in [-0.15, -0.1) is 0 Å². The third-order valence-electron chi connectivity index (χ3n) is 5.87. The Morgan fingerprint density at radius 1 is 1.25 bits per heavy atom. The van der Waals surface area contributed by atoms with Crippen LogP contribution < -0.4 is 0 Å². The van der Waals surface area contributed by atoms with E-state index in [4.69, 9.17) is 5.11 Å². The van der Waals surface area contributed by atoms with Gasteiger partial charge < -0.3 is 10.1 Å². The molecule has 1 aliphatic rings. The molecule has 0 saturated heterocycles. The van der Waals surface area contributed by atoms with Gasteiger partial charge in [-0.1, -0.05) is 18.2 Å². The molecule has 0 radical (unpaired) electrons. The van der Waals surface area contributed by atoms with Crippen LogP contribution in [0.15, 0.2) is 42.5 Å². The number of fused-ring (bicyclic) bond motifs is 3. The molecule has 2 heterocycles. The molecule has 0 unspecified atom stereocenters. The molecule has 0 spiro atoms. The first kappa shape index (κ1) is 22.1. The minimum absolute atomic E-state index is 0.00676. The summed E-state index contributed by atoms with van der Waals surface area (Å²) < 4.78 is 45.4. The number of H-pyrrole nitrogens is 1. The van der Waals surface area contributed by atoms with Crippen molar-refractivity contribution in [3.05, 3.63) is 76.5 Å². The van der Waals surface area contributed by atoms with Gasteiger partial charge in [0, 0.05) is 40.8 Å². The Kier molecular flexibility index (Phi) is 5.63. The number of carboxylic acids is 1. The molecule has 4 nitrogen and oxygen atoms in total. The highest BCUT2D eigenvalue weighted by Crippen LogP contribution is 2.43. The minimum Gasteiger partial charge on any atom is -0.478 e. The zero-order valence-electron chi connectivity index (χ0n) is 18.1. The third-order valence-corrected chi connectivity index (χ3v) is 5.87. The van der Waals surface area contributed by atoms with E-state index in [1.54, 1.807) is 4.90 Å². The lowest BCUT2D eigenvalue weighted by molar-refractivity contribution is -0.131. The van der Waals surface area contributed by atoms with E-state index in [1.807, 2.05) is 31.2 Å². The molecule has 0 bridgehead atoms. The number of carbonyl (C=O) groups is 1. The number of aromatic amines is 1. The number of hydrogen-bond acceptors (Lipinski definition) is 2. The zero-order chi connectivity index (χ0) is 23.2. The van der Waals surface area contributed by atoms with Crippen LogP contribution in [-0.2, 0) is 11.2 Å². The number of aliphatic carboxylic acids is 1. The average molecular weight is 442 g/mol. The predicted molar refractivity (Wildman–Crippen MR) is 118 cm³/mol. The van der Waals surface area contributed by atoms with Crippen molar-refractivity contribution in [2.45, 2.75) is 44.9 Å². The molecule has 0 saturated carbocycles. The van der Waals surface area contributed by atoms with Crippen molar-refractivity contribution < 1.29 is 23.1 Å². The molecule has 2 atom stereocenters. The second-order valence-electron chi connectivity index (χ2n) is 8.98. The van der Waals surface area contributed by atoms with Crippen molar-refractivity contribution in [3.8, 4) is 0 Å². The molecular weight excluding hydrogens is 417 g/mol. The summed E-state index contributed by atoms with van der Waals surface area (Å²) in [4.78, 5) is 15.9. The van der Waals surface area contributed by atoms with E-state index in [0.29, 0.717) is 12.1 Å². The average Bonchev–Trinajstić information content (AvgIpc) is 3.05. The fraction of sp³-hybridized carbons (Fsp3) is 0.320. The lowest BCUT2D eigenvalue weighted by Crippen LogP contribution is -2.48. The summed E-state index contributed by atoms with van der Waals surface area (Å²) >= 11 is 0. The Hall–Kier alpha value is -3.06. The first-order chi connectivity index (χ1) is 15.0. The highest BCUT2D eigenvalue weighted by Gasteiger charge is 2.40. The van der Waals surface area contributed by atoms with E-state index in [0.717, 1.165) is 40.8 Å². The minimum atomic E-state index is -1.58. The molecule has 3 aromatic rings. The lowest BCUT2D eigenvalue weighted by Gasteiger charge is -2.43. The van der Waals surface area contributed by atoms with Gasteiger partial charge in [0.2, 0.25) is 0 Å². The molecule has 32 heavy (non-hydrogen) atoms. The van der Waals surface area contributed by atoms with Gasteiger partial charge in [0.25, 0.3) is 0 Å². The van der Waals surface area contributed by atoms with Crippen molar-refractivity contribution in [3.63, 3.8) is 0 Å². The molecule has 1 aliphatic heterocycles. The number of hydrogen-bond donors (Lipinski definition) is 2.